The smallest absolute Gasteiger partial charge is 0.358 e. The number of aromatic nitrogens is 3. The van der Waals surface area contributed by atoms with E-state index in [1.807, 2.05) is 4.68 Å². The molecule has 1 aromatic rings. The Morgan fingerprint density at radius 2 is 2.12 bits per heavy atom. The summed E-state index contributed by atoms with van der Waals surface area (Å²) >= 11 is 0. The second-order valence-electron chi connectivity index (χ2n) is 4.88. The number of hydrogen-bond donors (Lipinski definition) is 1. The van der Waals surface area contributed by atoms with Crippen LogP contribution in [0.3, 0.4) is 0 Å². The maximum Gasteiger partial charge on any atom is 0.358 e. The molecule has 0 aliphatic heterocycles. The van der Waals surface area contributed by atoms with Crippen molar-refractivity contribution in [2.45, 2.75) is 44.6 Å². The Morgan fingerprint density at radius 3 is 2.62 bits per heavy atom. The van der Waals surface area contributed by atoms with Gasteiger partial charge in [-0.15, -0.1) is 5.10 Å². The fraction of sp³-hybridized carbons (Fsp3) is 0.727. The van der Waals surface area contributed by atoms with Crippen LogP contribution in [-0.2, 0) is 6.54 Å². The van der Waals surface area contributed by atoms with E-state index in [0.717, 1.165) is 25.1 Å². The van der Waals surface area contributed by atoms with Crippen LogP contribution in [0.25, 0.3) is 0 Å². The second-order valence-corrected chi connectivity index (χ2v) is 4.88. The van der Waals surface area contributed by atoms with Crippen molar-refractivity contribution in [1.29, 1.82) is 0 Å². The molecule has 1 aromatic heterocycles. The summed E-state index contributed by atoms with van der Waals surface area (Å²) in [6.45, 7) is 0.853. The maximum absolute atomic E-state index is 11.0. The van der Waals surface area contributed by atoms with Gasteiger partial charge in [0.05, 0.1) is 5.69 Å². The van der Waals surface area contributed by atoms with E-state index in [1.165, 1.54) is 19.3 Å². The molecule has 5 nitrogen and oxygen atoms in total. The van der Waals surface area contributed by atoms with Crippen molar-refractivity contribution in [2.75, 3.05) is 0 Å². The van der Waals surface area contributed by atoms with Crippen LogP contribution in [-0.4, -0.2) is 26.1 Å². The van der Waals surface area contributed by atoms with Crippen molar-refractivity contribution in [3.63, 3.8) is 0 Å². The van der Waals surface area contributed by atoms with E-state index in [1.54, 1.807) is 0 Å². The molecule has 0 aromatic carbocycles. The lowest BCUT2D eigenvalue weighted by Gasteiger charge is -2.25. The third-order valence-electron chi connectivity index (χ3n) is 3.60. The molecule has 5 heteroatoms. The van der Waals surface area contributed by atoms with Gasteiger partial charge in [-0.1, -0.05) is 11.6 Å². The first kappa shape index (κ1) is 9.81. The van der Waals surface area contributed by atoms with Gasteiger partial charge >= 0.3 is 5.97 Å². The van der Waals surface area contributed by atoms with Gasteiger partial charge in [-0.2, -0.15) is 0 Å². The molecule has 2 aliphatic carbocycles. The van der Waals surface area contributed by atoms with Crippen LogP contribution < -0.4 is 0 Å². The highest BCUT2D eigenvalue weighted by molar-refractivity contribution is 5.86. The van der Waals surface area contributed by atoms with E-state index in [9.17, 15) is 4.79 Å². The van der Waals surface area contributed by atoms with Gasteiger partial charge in [0.2, 0.25) is 0 Å². The molecule has 0 spiro atoms. The van der Waals surface area contributed by atoms with Crippen LogP contribution in [0.15, 0.2) is 0 Å². The molecule has 2 aliphatic rings. The van der Waals surface area contributed by atoms with Gasteiger partial charge in [-0.05, 0) is 31.6 Å². The first-order chi connectivity index (χ1) is 7.75. The highest BCUT2D eigenvalue weighted by Crippen LogP contribution is 2.41. The van der Waals surface area contributed by atoms with Gasteiger partial charge in [0.25, 0.3) is 0 Å². The van der Waals surface area contributed by atoms with Crippen LogP contribution in [0.2, 0.25) is 0 Å². The van der Waals surface area contributed by atoms with Crippen molar-refractivity contribution in [3.05, 3.63) is 11.4 Å². The monoisotopic (exact) mass is 221 g/mol. The third-order valence-corrected chi connectivity index (χ3v) is 3.60. The Labute approximate surface area is 93.5 Å². The Balaban J connectivity index is 1.87. The molecule has 0 amide bonds. The Hall–Kier alpha value is -1.39. The van der Waals surface area contributed by atoms with Gasteiger partial charge in [0, 0.05) is 12.5 Å². The predicted octanol–water partition coefficient (Wildman–Crippen LogP) is 1.65. The SMILES string of the molecule is O=C(O)c1nnn(CC2CCC2)c1C1CC1. The number of carbonyl (C=O) groups is 1. The molecule has 0 unspecified atom stereocenters. The summed E-state index contributed by atoms with van der Waals surface area (Å²) in [6.07, 6.45) is 5.94. The van der Waals surface area contributed by atoms with Gasteiger partial charge in [-0.25, -0.2) is 9.48 Å². The lowest BCUT2D eigenvalue weighted by Crippen LogP contribution is -2.20. The van der Waals surface area contributed by atoms with Crippen LogP contribution in [0.1, 0.15) is 54.2 Å². The van der Waals surface area contributed by atoms with E-state index in [-0.39, 0.29) is 5.69 Å². The molecule has 86 valence electrons. The minimum Gasteiger partial charge on any atom is -0.476 e. The van der Waals surface area contributed by atoms with Crippen LogP contribution in [0.4, 0.5) is 0 Å². The van der Waals surface area contributed by atoms with E-state index in [2.05, 4.69) is 10.3 Å². The van der Waals surface area contributed by atoms with E-state index in [4.69, 9.17) is 5.11 Å². The molecular weight excluding hydrogens is 206 g/mol. The number of aromatic carboxylic acids is 1. The lowest BCUT2D eigenvalue weighted by atomic mass is 9.85. The molecule has 16 heavy (non-hydrogen) atoms. The summed E-state index contributed by atoms with van der Waals surface area (Å²) in [5, 5.41) is 16.9. The average molecular weight is 221 g/mol. The van der Waals surface area contributed by atoms with Crippen molar-refractivity contribution >= 4 is 5.97 Å². The van der Waals surface area contributed by atoms with Crippen LogP contribution in [0, 0.1) is 5.92 Å². The highest BCUT2D eigenvalue weighted by Gasteiger charge is 2.34. The largest absolute Gasteiger partial charge is 0.476 e. The quantitative estimate of drug-likeness (QED) is 0.839. The summed E-state index contributed by atoms with van der Waals surface area (Å²) in [5.74, 6) is 0.129. The van der Waals surface area contributed by atoms with Gasteiger partial charge in [0.1, 0.15) is 0 Å². The summed E-state index contributed by atoms with van der Waals surface area (Å²) in [5.41, 5.74) is 1.03. The van der Waals surface area contributed by atoms with E-state index < -0.39 is 5.97 Å². The predicted molar refractivity (Wildman–Crippen MR) is 56.3 cm³/mol. The standard InChI is InChI=1S/C11H15N3O2/c15-11(16)9-10(8-4-5-8)14(13-12-9)6-7-2-1-3-7/h7-8H,1-6H2,(H,15,16). The Bertz CT molecular complexity index is 419. The van der Waals surface area contributed by atoms with Gasteiger partial charge < -0.3 is 5.11 Å². The number of nitrogens with zero attached hydrogens (tertiary/aromatic N) is 3. The minimum absolute atomic E-state index is 0.168. The zero-order chi connectivity index (χ0) is 11.1. The second kappa shape index (κ2) is 3.57. The van der Waals surface area contributed by atoms with Crippen LogP contribution in [0.5, 0.6) is 0 Å². The number of rotatable bonds is 4. The summed E-state index contributed by atoms with van der Waals surface area (Å²) < 4.78 is 1.84. The summed E-state index contributed by atoms with van der Waals surface area (Å²) in [7, 11) is 0. The normalized spacial score (nSPS) is 20.8. The van der Waals surface area contributed by atoms with Crippen molar-refractivity contribution in [2.24, 2.45) is 5.92 Å². The van der Waals surface area contributed by atoms with Gasteiger partial charge in [-0.3, -0.25) is 0 Å². The Kier molecular flexibility index (Phi) is 2.19. The minimum atomic E-state index is -0.943. The molecule has 3 rings (SSSR count). The average Bonchev–Trinajstić information content (AvgIpc) is 2.92. The van der Waals surface area contributed by atoms with Crippen molar-refractivity contribution in [1.82, 2.24) is 15.0 Å². The maximum atomic E-state index is 11.0. The zero-order valence-corrected chi connectivity index (χ0v) is 9.09. The lowest BCUT2D eigenvalue weighted by molar-refractivity contribution is 0.0689. The van der Waals surface area contributed by atoms with Crippen molar-refractivity contribution in [3.8, 4) is 0 Å². The number of carboxylic acids is 1. The fourth-order valence-electron chi connectivity index (χ4n) is 2.29. The molecular formula is C11H15N3O2. The highest BCUT2D eigenvalue weighted by atomic mass is 16.4. The zero-order valence-electron chi connectivity index (χ0n) is 9.09. The van der Waals surface area contributed by atoms with E-state index >= 15 is 0 Å². The number of carboxylic acid groups (broad SMARTS) is 1. The molecule has 2 fully saturated rings. The van der Waals surface area contributed by atoms with Crippen molar-refractivity contribution < 1.29 is 9.90 Å². The topological polar surface area (TPSA) is 68.0 Å². The molecule has 0 bridgehead atoms. The fourth-order valence-corrected chi connectivity index (χ4v) is 2.29. The van der Waals surface area contributed by atoms with Crippen LogP contribution >= 0.6 is 0 Å². The summed E-state index contributed by atoms with van der Waals surface area (Å²) in [4.78, 5) is 11.0. The Morgan fingerprint density at radius 1 is 1.38 bits per heavy atom. The summed E-state index contributed by atoms with van der Waals surface area (Å²) in [6, 6.07) is 0. The third kappa shape index (κ3) is 1.60. The molecule has 1 N–H and O–H groups in total. The molecule has 0 atom stereocenters. The molecule has 0 radical (unpaired) electrons. The molecule has 1 heterocycles. The first-order valence-corrected chi connectivity index (χ1v) is 5.92. The first-order valence-electron chi connectivity index (χ1n) is 5.92. The molecule has 0 saturated heterocycles. The number of hydrogen-bond acceptors (Lipinski definition) is 3. The van der Waals surface area contributed by atoms with Gasteiger partial charge in [0.15, 0.2) is 5.69 Å². The van der Waals surface area contributed by atoms with E-state index in [0.29, 0.717) is 11.8 Å². The molecule has 2 saturated carbocycles.